The van der Waals surface area contributed by atoms with Crippen molar-refractivity contribution in [3.63, 3.8) is 0 Å². The number of thiophene rings is 2. The maximum atomic E-state index is 4.27. The van der Waals surface area contributed by atoms with Gasteiger partial charge in [0.05, 0.1) is 0 Å². The van der Waals surface area contributed by atoms with E-state index in [1.807, 2.05) is 24.3 Å². The van der Waals surface area contributed by atoms with Crippen LogP contribution in [-0.2, 0) is 0 Å². The van der Waals surface area contributed by atoms with Gasteiger partial charge in [0.1, 0.15) is 0 Å². The van der Waals surface area contributed by atoms with Gasteiger partial charge >= 0.3 is 0 Å². The maximum absolute atomic E-state index is 4.27. The Hall–Kier alpha value is -3.22. The van der Waals surface area contributed by atoms with E-state index in [0.29, 0.717) is 11.6 Å². The minimum absolute atomic E-state index is 0.525. The summed E-state index contributed by atoms with van der Waals surface area (Å²) in [4.78, 5) is 2.48. The summed E-state index contributed by atoms with van der Waals surface area (Å²) in [6, 6.07) is 24.6. The van der Waals surface area contributed by atoms with Gasteiger partial charge in [0.25, 0.3) is 0 Å². The van der Waals surface area contributed by atoms with Crippen LogP contribution in [0, 0.1) is 0 Å². The van der Waals surface area contributed by atoms with Gasteiger partial charge in [-0.1, -0.05) is 60.7 Å². The van der Waals surface area contributed by atoms with E-state index in [9.17, 15) is 0 Å². The summed E-state index contributed by atoms with van der Waals surface area (Å²) in [5, 5.41) is 21.2. The molecule has 0 aliphatic carbocycles. The lowest BCUT2D eigenvalue weighted by atomic mass is 10.1. The van der Waals surface area contributed by atoms with Crippen LogP contribution >= 0.6 is 22.7 Å². The molecule has 6 heteroatoms. The smallest absolute Gasteiger partial charge is 0.144 e. The van der Waals surface area contributed by atoms with E-state index in [1.54, 1.807) is 22.7 Å². The Morgan fingerprint density at radius 1 is 0.429 bits per heavy atom. The molecule has 5 aromatic rings. The SMILES string of the molecule is c1csc(-c2ccc(-c3nnc(-c4ccc(-c5cccs5)cc4)nn3)cc2)c1. The van der Waals surface area contributed by atoms with Crippen LogP contribution in [0.1, 0.15) is 0 Å². The summed E-state index contributed by atoms with van der Waals surface area (Å²) in [7, 11) is 0. The van der Waals surface area contributed by atoms with Crippen molar-refractivity contribution in [3.05, 3.63) is 83.6 Å². The highest BCUT2D eigenvalue weighted by Gasteiger charge is 2.08. The van der Waals surface area contributed by atoms with Gasteiger partial charge in [-0.05, 0) is 34.0 Å². The molecule has 0 saturated carbocycles. The normalized spacial score (nSPS) is 10.9. The highest BCUT2D eigenvalue weighted by molar-refractivity contribution is 7.13. The molecule has 4 nitrogen and oxygen atoms in total. The Morgan fingerprint density at radius 3 is 1.11 bits per heavy atom. The summed E-state index contributed by atoms with van der Waals surface area (Å²) < 4.78 is 0. The molecule has 5 rings (SSSR count). The summed E-state index contributed by atoms with van der Waals surface area (Å²) in [6.07, 6.45) is 0. The first-order chi connectivity index (χ1) is 13.9. The Kier molecular flexibility index (Phi) is 4.48. The van der Waals surface area contributed by atoms with Gasteiger partial charge < -0.3 is 0 Å². The predicted molar refractivity (Wildman–Crippen MR) is 115 cm³/mol. The third-order valence-electron chi connectivity index (χ3n) is 4.38. The quantitative estimate of drug-likeness (QED) is 0.369. The Morgan fingerprint density at radius 2 is 0.786 bits per heavy atom. The topological polar surface area (TPSA) is 51.6 Å². The van der Waals surface area contributed by atoms with Gasteiger partial charge in [0, 0.05) is 20.9 Å². The molecule has 28 heavy (non-hydrogen) atoms. The molecule has 134 valence electrons. The number of nitrogens with zero attached hydrogens (tertiary/aromatic N) is 4. The number of hydrogen-bond donors (Lipinski definition) is 0. The number of aromatic nitrogens is 4. The zero-order chi connectivity index (χ0) is 18.8. The van der Waals surface area contributed by atoms with Gasteiger partial charge in [-0.2, -0.15) is 0 Å². The zero-order valence-electron chi connectivity index (χ0n) is 14.7. The maximum Gasteiger partial charge on any atom is 0.203 e. The van der Waals surface area contributed by atoms with Crippen LogP contribution in [0.4, 0.5) is 0 Å². The number of benzene rings is 2. The summed E-state index contributed by atoms with van der Waals surface area (Å²) in [5.41, 5.74) is 4.17. The molecular formula is C22H14N4S2. The van der Waals surface area contributed by atoms with Gasteiger partial charge in [-0.3, -0.25) is 0 Å². The summed E-state index contributed by atoms with van der Waals surface area (Å²) in [5.74, 6) is 1.05. The van der Waals surface area contributed by atoms with Crippen molar-refractivity contribution in [1.29, 1.82) is 0 Å². The van der Waals surface area contributed by atoms with Crippen LogP contribution in [0.2, 0.25) is 0 Å². The highest BCUT2D eigenvalue weighted by atomic mass is 32.1. The Balaban J connectivity index is 1.37. The zero-order valence-corrected chi connectivity index (χ0v) is 16.3. The van der Waals surface area contributed by atoms with Crippen molar-refractivity contribution in [2.45, 2.75) is 0 Å². The van der Waals surface area contributed by atoms with E-state index in [2.05, 4.69) is 79.7 Å². The first-order valence-corrected chi connectivity index (χ1v) is 10.5. The third-order valence-corrected chi connectivity index (χ3v) is 6.21. The fourth-order valence-electron chi connectivity index (χ4n) is 2.91. The number of rotatable bonds is 4. The molecular weight excluding hydrogens is 384 g/mol. The monoisotopic (exact) mass is 398 g/mol. The fourth-order valence-corrected chi connectivity index (χ4v) is 4.38. The second kappa shape index (κ2) is 7.42. The van der Waals surface area contributed by atoms with E-state index in [4.69, 9.17) is 0 Å². The van der Waals surface area contributed by atoms with Crippen molar-refractivity contribution in [1.82, 2.24) is 20.4 Å². The second-order valence-electron chi connectivity index (χ2n) is 6.16. The van der Waals surface area contributed by atoms with Gasteiger partial charge in [0.15, 0.2) is 0 Å². The van der Waals surface area contributed by atoms with Crippen LogP contribution in [0.5, 0.6) is 0 Å². The molecule has 0 N–H and O–H groups in total. The second-order valence-corrected chi connectivity index (χ2v) is 8.05. The summed E-state index contributed by atoms with van der Waals surface area (Å²) >= 11 is 3.44. The Bertz CT molecular complexity index is 1070. The predicted octanol–water partition coefficient (Wildman–Crippen LogP) is 6.06. The van der Waals surface area contributed by atoms with E-state index >= 15 is 0 Å². The molecule has 2 aromatic carbocycles. The van der Waals surface area contributed by atoms with Crippen LogP contribution in [0.25, 0.3) is 43.7 Å². The van der Waals surface area contributed by atoms with E-state index in [1.165, 1.54) is 20.9 Å². The van der Waals surface area contributed by atoms with Crippen molar-refractivity contribution in [3.8, 4) is 43.7 Å². The molecule has 0 bridgehead atoms. The molecule has 0 spiro atoms. The van der Waals surface area contributed by atoms with Crippen LogP contribution in [0.15, 0.2) is 83.6 Å². The molecule has 0 fully saturated rings. The molecule has 3 heterocycles. The molecule has 0 radical (unpaired) electrons. The lowest BCUT2D eigenvalue weighted by Gasteiger charge is -2.03. The molecule has 0 amide bonds. The minimum Gasteiger partial charge on any atom is -0.144 e. The molecule has 0 aliphatic heterocycles. The Labute approximate surface area is 170 Å². The first kappa shape index (κ1) is 16.9. The largest absolute Gasteiger partial charge is 0.203 e. The average molecular weight is 399 g/mol. The van der Waals surface area contributed by atoms with E-state index < -0.39 is 0 Å². The van der Waals surface area contributed by atoms with Crippen LogP contribution in [-0.4, -0.2) is 20.4 Å². The molecule has 0 saturated heterocycles. The highest BCUT2D eigenvalue weighted by Crippen LogP contribution is 2.28. The number of hydrogen-bond acceptors (Lipinski definition) is 6. The average Bonchev–Trinajstić information content (AvgIpc) is 3.49. The van der Waals surface area contributed by atoms with Gasteiger partial charge in [-0.25, -0.2) is 0 Å². The van der Waals surface area contributed by atoms with Gasteiger partial charge in [0.2, 0.25) is 11.6 Å². The van der Waals surface area contributed by atoms with Crippen LogP contribution < -0.4 is 0 Å². The van der Waals surface area contributed by atoms with E-state index in [0.717, 1.165) is 11.1 Å². The molecule has 0 unspecified atom stereocenters. The van der Waals surface area contributed by atoms with Crippen LogP contribution in [0.3, 0.4) is 0 Å². The molecule has 3 aromatic heterocycles. The first-order valence-electron chi connectivity index (χ1n) is 8.73. The van der Waals surface area contributed by atoms with Crippen molar-refractivity contribution < 1.29 is 0 Å². The minimum atomic E-state index is 0.525. The van der Waals surface area contributed by atoms with E-state index in [-0.39, 0.29) is 0 Å². The third kappa shape index (κ3) is 3.35. The molecule has 0 atom stereocenters. The fraction of sp³-hybridized carbons (Fsp3) is 0. The van der Waals surface area contributed by atoms with Crippen molar-refractivity contribution in [2.24, 2.45) is 0 Å². The van der Waals surface area contributed by atoms with Gasteiger partial charge in [-0.15, -0.1) is 43.1 Å². The lowest BCUT2D eigenvalue weighted by Crippen LogP contribution is -1.99. The standard InChI is InChI=1S/C22H14N4S2/c1-3-19(27-13-1)15-5-9-17(10-6-15)21-23-25-22(26-24-21)18-11-7-16(8-12-18)20-4-2-14-28-20/h1-14H. The van der Waals surface area contributed by atoms with Crippen molar-refractivity contribution >= 4 is 22.7 Å². The lowest BCUT2D eigenvalue weighted by molar-refractivity contribution is 0.876. The summed E-state index contributed by atoms with van der Waals surface area (Å²) in [6.45, 7) is 0. The van der Waals surface area contributed by atoms with Crippen molar-refractivity contribution in [2.75, 3.05) is 0 Å². The molecule has 0 aliphatic rings.